The third-order valence-electron chi connectivity index (χ3n) is 3.69. The van der Waals surface area contributed by atoms with E-state index in [9.17, 15) is 0 Å². The molecular weight excluding hydrogens is 302 g/mol. The van der Waals surface area contributed by atoms with Crippen molar-refractivity contribution in [2.75, 3.05) is 0 Å². The van der Waals surface area contributed by atoms with Crippen LogP contribution in [0.25, 0.3) is 0 Å². The molecule has 102 valence electrons. The number of hydrogen-bond donors (Lipinski definition) is 1. The second-order valence-corrected chi connectivity index (χ2v) is 6.25. The number of allylic oxidation sites excluding steroid dienone is 1. The van der Waals surface area contributed by atoms with Crippen LogP contribution in [0.3, 0.4) is 0 Å². The molecule has 0 radical (unpaired) electrons. The molecule has 3 heteroatoms. The fourth-order valence-electron chi connectivity index (χ4n) is 2.40. The van der Waals surface area contributed by atoms with Crippen LogP contribution in [-0.2, 0) is 6.54 Å². The minimum Gasteiger partial charge on any atom is -0.485 e. The van der Waals surface area contributed by atoms with Crippen molar-refractivity contribution in [3.8, 4) is 5.75 Å². The SMILES string of the molecule is Brc1cccc(CNC2CC2)c1OC1C=CCCC1. The van der Waals surface area contributed by atoms with Crippen LogP contribution in [0.4, 0.5) is 0 Å². The van der Waals surface area contributed by atoms with Gasteiger partial charge in [0.05, 0.1) is 4.47 Å². The van der Waals surface area contributed by atoms with E-state index in [0.29, 0.717) is 0 Å². The fraction of sp³-hybridized carbons (Fsp3) is 0.500. The molecule has 0 saturated heterocycles. The Bertz CT molecular complexity index is 468. The molecule has 2 aliphatic carbocycles. The van der Waals surface area contributed by atoms with E-state index in [2.05, 4.69) is 51.6 Å². The zero-order chi connectivity index (χ0) is 13.1. The quantitative estimate of drug-likeness (QED) is 0.821. The average molecular weight is 322 g/mol. The molecule has 0 aromatic heterocycles. The smallest absolute Gasteiger partial charge is 0.138 e. The second kappa shape index (κ2) is 6.10. The second-order valence-electron chi connectivity index (χ2n) is 5.40. The van der Waals surface area contributed by atoms with Crippen molar-refractivity contribution in [3.05, 3.63) is 40.4 Å². The number of benzene rings is 1. The Labute approximate surface area is 123 Å². The van der Waals surface area contributed by atoms with Gasteiger partial charge in [0.25, 0.3) is 0 Å². The van der Waals surface area contributed by atoms with Crippen molar-refractivity contribution in [2.24, 2.45) is 0 Å². The normalized spacial score (nSPS) is 22.5. The van der Waals surface area contributed by atoms with Gasteiger partial charge in [-0.1, -0.05) is 18.2 Å². The van der Waals surface area contributed by atoms with Crippen LogP contribution in [0.2, 0.25) is 0 Å². The molecule has 0 heterocycles. The highest BCUT2D eigenvalue weighted by molar-refractivity contribution is 9.10. The summed E-state index contributed by atoms with van der Waals surface area (Å²) in [5, 5.41) is 3.56. The first-order chi connectivity index (χ1) is 9.33. The molecule has 0 aliphatic heterocycles. The van der Waals surface area contributed by atoms with Gasteiger partial charge in [0.2, 0.25) is 0 Å². The number of nitrogens with one attached hydrogen (secondary N) is 1. The van der Waals surface area contributed by atoms with E-state index in [1.165, 1.54) is 31.2 Å². The lowest BCUT2D eigenvalue weighted by molar-refractivity contribution is 0.226. The van der Waals surface area contributed by atoms with Gasteiger partial charge in [-0.3, -0.25) is 0 Å². The lowest BCUT2D eigenvalue weighted by Gasteiger charge is -2.21. The van der Waals surface area contributed by atoms with Crippen molar-refractivity contribution in [1.29, 1.82) is 0 Å². The van der Waals surface area contributed by atoms with E-state index in [0.717, 1.165) is 29.2 Å². The standard InChI is InChI=1S/C16H20BrNO/c17-15-8-4-5-12(11-18-13-9-10-13)16(15)19-14-6-2-1-3-7-14/h2,4-6,8,13-14,18H,1,3,7,9-11H2. The lowest BCUT2D eigenvalue weighted by Crippen LogP contribution is -2.19. The third kappa shape index (κ3) is 3.61. The van der Waals surface area contributed by atoms with Gasteiger partial charge in [0.15, 0.2) is 0 Å². The Hall–Kier alpha value is -0.800. The summed E-state index contributed by atoms with van der Waals surface area (Å²) in [5.41, 5.74) is 1.25. The third-order valence-corrected chi connectivity index (χ3v) is 4.31. The maximum atomic E-state index is 6.20. The predicted molar refractivity (Wildman–Crippen MR) is 81.4 cm³/mol. The summed E-state index contributed by atoms with van der Waals surface area (Å²) in [4.78, 5) is 0. The Balaban J connectivity index is 1.72. The number of para-hydroxylation sites is 1. The van der Waals surface area contributed by atoms with Crippen molar-refractivity contribution in [3.63, 3.8) is 0 Å². The van der Waals surface area contributed by atoms with Gasteiger partial charge in [-0.25, -0.2) is 0 Å². The zero-order valence-electron chi connectivity index (χ0n) is 11.1. The number of ether oxygens (including phenoxy) is 1. The van der Waals surface area contributed by atoms with E-state index in [4.69, 9.17) is 4.74 Å². The maximum absolute atomic E-state index is 6.20. The Morgan fingerprint density at radius 3 is 2.89 bits per heavy atom. The number of rotatable bonds is 5. The van der Waals surface area contributed by atoms with Crippen molar-refractivity contribution in [1.82, 2.24) is 5.32 Å². The molecule has 1 aromatic carbocycles. The van der Waals surface area contributed by atoms with Crippen LogP contribution in [0.1, 0.15) is 37.7 Å². The first kappa shape index (κ1) is 13.2. The largest absolute Gasteiger partial charge is 0.485 e. The summed E-state index contributed by atoms with van der Waals surface area (Å²) in [6.07, 6.45) is 10.8. The highest BCUT2D eigenvalue weighted by Crippen LogP contribution is 2.32. The van der Waals surface area contributed by atoms with E-state index in [1.807, 2.05) is 0 Å². The van der Waals surface area contributed by atoms with Gasteiger partial charge in [-0.05, 0) is 60.2 Å². The van der Waals surface area contributed by atoms with E-state index in [-0.39, 0.29) is 6.10 Å². The minimum atomic E-state index is 0.229. The molecule has 0 amide bonds. The summed E-state index contributed by atoms with van der Waals surface area (Å²) in [6.45, 7) is 0.899. The predicted octanol–water partition coefficient (Wildman–Crippen LogP) is 4.19. The molecule has 19 heavy (non-hydrogen) atoms. The molecule has 2 nitrogen and oxygen atoms in total. The van der Waals surface area contributed by atoms with Crippen molar-refractivity contribution >= 4 is 15.9 Å². The van der Waals surface area contributed by atoms with Crippen LogP contribution in [0.15, 0.2) is 34.8 Å². The lowest BCUT2D eigenvalue weighted by atomic mass is 10.1. The van der Waals surface area contributed by atoms with Crippen LogP contribution in [0.5, 0.6) is 5.75 Å². The molecule has 2 aliphatic rings. The van der Waals surface area contributed by atoms with E-state index in [1.54, 1.807) is 0 Å². The van der Waals surface area contributed by atoms with Gasteiger partial charge in [0, 0.05) is 18.2 Å². The van der Waals surface area contributed by atoms with Gasteiger partial charge in [0.1, 0.15) is 11.9 Å². The summed E-state index contributed by atoms with van der Waals surface area (Å²) >= 11 is 3.62. The van der Waals surface area contributed by atoms with E-state index < -0.39 is 0 Å². The fourth-order valence-corrected chi connectivity index (χ4v) is 2.90. The summed E-state index contributed by atoms with van der Waals surface area (Å²) in [5.74, 6) is 1.01. The summed E-state index contributed by atoms with van der Waals surface area (Å²) in [7, 11) is 0. The van der Waals surface area contributed by atoms with Gasteiger partial charge >= 0.3 is 0 Å². The molecule has 1 fully saturated rings. The molecular formula is C16H20BrNO. The van der Waals surface area contributed by atoms with Gasteiger partial charge in [-0.2, -0.15) is 0 Å². The topological polar surface area (TPSA) is 21.3 Å². The van der Waals surface area contributed by atoms with Gasteiger partial charge in [-0.15, -0.1) is 0 Å². The van der Waals surface area contributed by atoms with Crippen LogP contribution < -0.4 is 10.1 Å². The molecule has 0 bridgehead atoms. The number of halogens is 1. The molecule has 1 saturated carbocycles. The zero-order valence-corrected chi connectivity index (χ0v) is 12.7. The molecule has 1 unspecified atom stereocenters. The maximum Gasteiger partial charge on any atom is 0.138 e. The highest BCUT2D eigenvalue weighted by atomic mass is 79.9. The van der Waals surface area contributed by atoms with E-state index >= 15 is 0 Å². The molecule has 1 atom stereocenters. The van der Waals surface area contributed by atoms with Gasteiger partial charge < -0.3 is 10.1 Å². The Morgan fingerprint density at radius 1 is 1.26 bits per heavy atom. The summed E-state index contributed by atoms with van der Waals surface area (Å²) in [6, 6.07) is 7.02. The van der Waals surface area contributed by atoms with Crippen molar-refractivity contribution in [2.45, 2.75) is 50.8 Å². The molecule has 1 aromatic rings. The molecule has 1 N–H and O–H groups in total. The summed E-state index contributed by atoms with van der Waals surface area (Å²) < 4.78 is 7.25. The van der Waals surface area contributed by atoms with Crippen molar-refractivity contribution < 1.29 is 4.74 Å². The highest BCUT2D eigenvalue weighted by Gasteiger charge is 2.21. The number of hydrogen-bond acceptors (Lipinski definition) is 2. The Kier molecular flexibility index (Phi) is 4.24. The first-order valence-electron chi connectivity index (χ1n) is 7.17. The molecule has 3 rings (SSSR count). The van der Waals surface area contributed by atoms with Crippen LogP contribution in [-0.4, -0.2) is 12.1 Å². The minimum absolute atomic E-state index is 0.229. The van der Waals surface area contributed by atoms with Crippen LogP contribution in [0, 0.1) is 0 Å². The van der Waals surface area contributed by atoms with Crippen LogP contribution >= 0.6 is 15.9 Å². The Morgan fingerprint density at radius 2 is 2.16 bits per heavy atom. The molecule has 0 spiro atoms. The monoisotopic (exact) mass is 321 g/mol. The average Bonchev–Trinajstić information content (AvgIpc) is 3.25. The first-order valence-corrected chi connectivity index (χ1v) is 7.96.